The summed E-state index contributed by atoms with van der Waals surface area (Å²) in [5.41, 5.74) is 6.56. The van der Waals surface area contributed by atoms with Crippen molar-refractivity contribution in [1.29, 1.82) is 0 Å². The molecule has 2 fully saturated rings. The van der Waals surface area contributed by atoms with Gasteiger partial charge in [-0.2, -0.15) is 0 Å². The van der Waals surface area contributed by atoms with Crippen LogP contribution in [-0.2, 0) is 14.4 Å². The van der Waals surface area contributed by atoms with Gasteiger partial charge in [0.1, 0.15) is 23.5 Å². The first-order valence-corrected chi connectivity index (χ1v) is 8.82. The fourth-order valence-corrected chi connectivity index (χ4v) is 4.66. The summed E-state index contributed by atoms with van der Waals surface area (Å²) in [5.74, 6) is -1.66. The Labute approximate surface area is 147 Å². The maximum absolute atomic E-state index is 12.3. The predicted molar refractivity (Wildman–Crippen MR) is 89.5 cm³/mol. The third kappa shape index (κ3) is 2.85. The summed E-state index contributed by atoms with van der Waals surface area (Å²) in [6, 6.07) is 6.08. The van der Waals surface area contributed by atoms with E-state index in [1.54, 1.807) is 24.3 Å². The second-order valence-corrected chi connectivity index (χ2v) is 7.35. The summed E-state index contributed by atoms with van der Waals surface area (Å²) in [6.45, 7) is 0. The zero-order valence-electron chi connectivity index (χ0n) is 12.5. The van der Waals surface area contributed by atoms with Crippen LogP contribution < -0.4 is 11.1 Å². The van der Waals surface area contributed by atoms with Crippen LogP contribution in [0.5, 0.6) is 0 Å². The van der Waals surface area contributed by atoms with Gasteiger partial charge in [-0.1, -0.05) is 30.3 Å². The Balaban J connectivity index is 1.68. The standard InChI is InChI=1S/C15H16ClN3O4S/c16-8-6-24-14-10(13(21)19(14)11(8)15(22)23)18-12(20)9(17)7-4-2-1-3-5-7/h1-5,8-11,14H,6,17H2,(H,18,20)(H,22,23)/t8?,9?,10-,11?,14?/m1/s1. The van der Waals surface area contributed by atoms with E-state index in [0.717, 1.165) is 0 Å². The maximum Gasteiger partial charge on any atom is 0.328 e. The minimum atomic E-state index is -1.14. The minimum Gasteiger partial charge on any atom is -0.480 e. The van der Waals surface area contributed by atoms with Crippen molar-refractivity contribution >= 4 is 41.1 Å². The molecule has 5 atom stereocenters. The smallest absolute Gasteiger partial charge is 0.328 e. The SMILES string of the molecule is NC(C(=O)N[C@@H]1C(=O)N2C(C(=O)O)C(Cl)CSC12)c1ccccc1. The van der Waals surface area contributed by atoms with E-state index >= 15 is 0 Å². The Morgan fingerprint density at radius 3 is 2.67 bits per heavy atom. The number of hydrogen-bond donors (Lipinski definition) is 3. The van der Waals surface area contributed by atoms with Crippen molar-refractivity contribution in [1.82, 2.24) is 10.2 Å². The maximum atomic E-state index is 12.3. The molecule has 7 nitrogen and oxygen atoms in total. The van der Waals surface area contributed by atoms with Gasteiger partial charge in [0.2, 0.25) is 11.8 Å². The molecule has 9 heteroatoms. The molecule has 4 N–H and O–H groups in total. The fraction of sp³-hybridized carbons (Fsp3) is 0.400. The number of carboxylic acids is 1. The van der Waals surface area contributed by atoms with Gasteiger partial charge in [0.25, 0.3) is 0 Å². The first-order chi connectivity index (χ1) is 11.4. The molecule has 0 aliphatic carbocycles. The zero-order valence-corrected chi connectivity index (χ0v) is 14.0. The number of carbonyl (C=O) groups excluding carboxylic acids is 2. The lowest BCUT2D eigenvalue weighted by Gasteiger charge is -2.53. The molecule has 3 rings (SSSR count). The van der Waals surface area contributed by atoms with Crippen LogP contribution in [0.25, 0.3) is 0 Å². The number of fused-ring (bicyclic) bond motifs is 1. The largest absolute Gasteiger partial charge is 0.480 e. The second-order valence-electron chi connectivity index (χ2n) is 5.64. The molecule has 4 unspecified atom stereocenters. The molecule has 2 aliphatic heterocycles. The Morgan fingerprint density at radius 1 is 1.38 bits per heavy atom. The summed E-state index contributed by atoms with van der Waals surface area (Å²) in [4.78, 5) is 37.1. The highest BCUT2D eigenvalue weighted by molar-refractivity contribution is 8.00. The molecule has 2 heterocycles. The number of hydrogen-bond acceptors (Lipinski definition) is 5. The van der Waals surface area contributed by atoms with Crippen molar-refractivity contribution in [2.45, 2.75) is 28.9 Å². The van der Waals surface area contributed by atoms with Crippen molar-refractivity contribution in [3.05, 3.63) is 35.9 Å². The lowest BCUT2D eigenvalue weighted by atomic mass is 9.99. The molecule has 128 valence electrons. The van der Waals surface area contributed by atoms with Gasteiger partial charge in [0, 0.05) is 5.75 Å². The van der Waals surface area contributed by atoms with Crippen molar-refractivity contribution in [2.75, 3.05) is 5.75 Å². The summed E-state index contributed by atoms with van der Waals surface area (Å²) >= 11 is 7.38. The Bertz CT molecular complexity index is 674. The van der Waals surface area contributed by atoms with Crippen LogP contribution >= 0.6 is 23.4 Å². The Kier molecular flexibility index (Phi) is 4.71. The average molecular weight is 370 g/mol. The van der Waals surface area contributed by atoms with E-state index in [-0.39, 0.29) is 0 Å². The third-order valence-electron chi connectivity index (χ3n) is 4.14. The molecule has 24 heavy (non-hydrogen) atoms. The predicted octanol–water partition coefficient (Wildman–Crippen LogP) is 0.147. The van der Waals surface area contributed by atoms with Crippen LogP contribution in [0.3, 0.4) is 0 Å². The molecule has 2 saturated heterocycles. The number of amides is 2. The lowest BCUT2D eigenvalue weighted by Crippen LogP contribution is -2.76. The molecule has 1 aromatic rings. The van der Waals surface area contributed by atoms with Gasteiger partial charge < -0.3 is 21.1 Å². The van der Waals surface area contributed by atoms with E-state index in [1.807, 2.05) is 6.07 Å². The number of thioether (sulfide) groups is 1. The molecule has 2 aliphatic rings. The first-order valence-electron chi connectivity index (χ1n) is 7.33. The van der Waals surface area contributed by atoms with E-state index < -0.39 is 46.7 Å². The molecule has 0 saturated carbocycles. The summed E-state index contributed by atoms with van der Waals surface area (Å²) in [7, 11) is 0. The van der Waals surface area contributed by atoms with Gasteiger partial charge in [0.15, 0.2) is 0 Å². The first kappa shape index (κ1) is 17.1. The number of halogens is 1. The number of benzene rings is 1. The van der Waals surface area contributed by atoms with Gasteiger partial charge >= 0.3 is 5.97 Å². The van der Waals surface area contributed by atoms with Crippen LogP contribution in [0.2, 0.25) is 0 Å². The van der Waals surface area contributed by atoms with E-state index in [9.17, 15) is 19.5 Å². The molecular formula is C15H16ClN3O4S. The monoisotopic (exact) mass is 369 g/mol. The van der Waals surface area contributed by atoms with Crippen LogP contribution in [0.4, 0.5) is 0 Å². The highest BCUT2D eigenvalue weighted by Crippen LogP contribution is 2.40. The second kappa shape index (κ2) is 6.62. The van der Waals surface area contributed by atoms with E-state index in [0.29, 0.717) is 11.3 Å². The topological polar surface area (TPSA) is 113 Å². The molecule has 2 amide bonds. The highest BCUT2D eigenvalue weighted by Gasteiger charge is 2.57. The molecule has 0 bridgehead atoms. The fourth-order valence-electron chi connectivity index (χ4n) is 2.88. The summed E-state index contributed by atoms with van der Waals surface area (Å²) < 4.78 is 0. The van der Waals surface area contributed by atoms with Crippen LogP contribution in [-0.4, -0.2) is 56.4 Å². The number of rotatable bonds is 4. The van der Waals surface area contributed by atoms with Gasteiger partial charge in [-0.25, -0.2) is 4.79 Å². The Hall–Kier alpha value is -1.77. The quantitative estimate of drug-likeness (QED) is 0.514. The van der Waals surface area contributed by atoms with E-state index in [1.165, 1.54) is 16.7 Å². The molecule has 0 radical (unpaired) electrons. The number of carbonyl (C=O) groups is 3. The van der Waals surface area contributed by atoms with Gasteiger partial charge in [0.05, 0.1) is 5.38 Å². The van der Waals surface area contributed by atoms with Crippen LogP contribution in [0, 0.1) is 0 Å². The lowest BCUT2D eigenvalue weighted by molar-refractivity contribution is -0.162. The highest BCUT2D eigenvalue weighted by atomic mass is 35.5. The summed E-state index contributed by atoms with van der Waals surface area (Å²) in [6.07, 6.45) is 0. The van der Waals surface area contributed by atoms with Crippen molar-refractivity contribution in [3.63, 3.8) is 0 Å². The van der Waals surface area contributed by atoms with Crippen LogP contribution in [0.15, 0.2) is 30.3 Å². The molecular weight excluding hydrogens is 354 g/mol. The number of nitrogens with zero attached hydrogens (tertiary/aromatic N) is 1. The van der Waals surface area contributed by atoms with Gasteiger partial charge in [-0.05, 0) is 5.56 Å². The Morgan fingerprint density at radius 2 is 2.04 bits per heavy atom. The molecule has 0 spiro atoms. The van der Waals surface area contributed by atoms with Gasteiger partial charge in [-0.3, -0.25) is 9.59 Å². The normalized spacial score (nSPS) is 30.1. The summed E-state index contributed by atoms with van der Waals surface area (Å²) in [5, 5.41) is 10.8. The van der Waals surface area contributed by atoms with Crippen molar-refractivity contribution < 1.29 is 19.5 Å². The van der Waals surface area contributed by atoms with Gasteiger partial charge in [-0.15, -0.1) is 23.4 Å². The number of β-lactam (4-membered cyclic amide) rings is 1. The molecule has 0 aromatic heterocycles. The number of nitrogens with one attached hydrogen (secondary N) is 1. The zero-order chi connectivity index (χ0) is 17.4. The van der Waals surface area contributed by atoms with Crippen molar-refractivity contribution in [3.8, 4) is 0 Å². The van der Waals surface area contributed by atoms with E-state index in [2.05, 4.69) is 5.32 Å². The minimum absolute atomic E-state index is 0.393. The number of carboxylic acid groups (broad SMARTS) is 1. The van der Waals surface area contributed by atoms with E-state index in [4.69, 9.17) is 17.3 Å². The van der Waals surface area contributed by atoms with Crippen molar-refractivity contribution in [2.24, 2.45) is 5.73 Å². The third-order valence-corrected chi connectivity index (χ3v) is 6.11. The number of nitrogens with two attached hydrogens (primary N) is 1. The number of alkyl halides is 1. The average Bonchev–Trinajstić information content (AvgIpc) is 2.59. The molecule has 1 aromatic carbocycles. The van der Waals surface area contributed by atoms with Crippen LogP contribution in [0.1, 0.15) is 11.6 Å². The number of aliphatic carboxylic acids is 1.